The Bertz CT molecular complexity index is 434. The molecule has 7 nitrogen and oxygen atoms in total. The minimum Gasteiger partial charge on any atom is -0.355 e. The van der Waals surface area contributed by atoms with E-state index in [9.17, 15) is 4.79 Å². The van der Waals surface area contributed by atoms with Gasteiger partial charge in [0.05, 0.1) is 6.54 Å². The van der Waals surface area contributed by atoms with Crippen LogP contribution in [-0.2, 0) is 4.79 Å². The summed E-state index contributed by atoms with van der Waals surface area (Å²) in [6.45, 7) is 6.81. The van der Waals surface area contributed by atoms with E-state index in [2.05, 4.69) is 20.7 Å². The van der Waals surface area contributed by atoms with E-state index in [-0.39, 0.29) is 18.4 Å². The molecule has 1 aromatic rings. The third kappa shape index (κ3) is 3.78. The summed E-state index contributed by atoms with van der Waals surface area (Å²) in [6, 6.07) is 0. The van der Waals surface area contributed by atoms with E-state index in [0.29, 0.717) is 18.2 Å². The number of hydrazine groups is 1. The highest BCUT2D eigenvalue weighted by molar-refractivity contribution is 5.81. The summed E-state index contributed by atoms with van der Waals surface area (Å²) in [6.07, 6.45) is 1.44. The lowest BCUT2D eigenvalue weighted by Crippen LogP contribution is -2.36. The monoisotopic (exact) mass is 266 g/mol. The Morgan fingerprint density at radius 1 is 1.47 bits per heavy atom. The normalized spacial score (nSPS) is 10.4. The summed E-state index contributed by atoms with van der Waals surface area (Å²) in [5.74, 6) is 6.92. The number of hydrogen-bond donors (Lipinski definition) is 3. The molecule has 0 radical (unpaired) electrons. The van der Waals surface area contributed by atoms with Crippen LogP contribution in [-0.4, -0.2) is 36.0 Å². The smallest absolute Gasteiger partial charge is 0.239 e. The van der Waals surface area contributed by atoms with E-state index in [4.69, 9.17) is 5.84 Å². The fourth-order valence-corrected chi connectivity index (χ4v) is 1.88. The van der Waals surface area contributed by atoms with Crippen molar-refractivity contribution in [2.45, 2.75) is 26.7 Å². The van der Waals surface area contributed by atoms with Crippen LogP contribution in [0.4, 0.5) is 11.6 Å². The number of rotatable bonds is 6. The fraction of sp³-hybridized carbons (Fsp3) is 0.583. The molecule has 106 valence electrons. The van der Waals surface area contributed by atoms with Crippen molar-refractivity contribution in [1.82, 2.24) is 15.3 Å². The van der Waals surface area contributed by atoms with Crippen LogP contribution in [0.3, 0.4) is 0 Å². The van der Waals surface area contributed by atoms with Crippen LogP contribution in [0.1, 0.15) is 32.3 Å². The largest absolute Gasteiger partial charge is 0.355 e. The van der Waals surface area contributed by atoms with Gasteiger partial charge in [-0.3, -0.25) is 4.79 Å². The average Bonchev–Trinajstić information content (AvgIpc) is 2.37. The van der Waals surface area contributed by atoms with E-state index in [1.807, 2.05) is 27.8 Å². The first kappa shape index (κ1) is 15.2. The maximum Gasteiger partial charge on any atom is 0.239 e. The third-order valence-electron chi connectivity index (χ3n) is 2.69. The van der Waals surface area contributed by atoms with Crippen molar-refractivity contribution in [1.29, 1.82) is 0 Å². The second-order valence-corrected chi connectivity index (χ2v) is 4.57. The fourth-order valence-electron chi connectivity index (χ4n) is 1.88. The van der Waals surface area contributed by atoms with Gasteiger partial charge in [-0.2, -0.15) is 0 Å². The maximum atomic E-state index is 11.6. The summed E-state index contributed by atoms with van der Waals surface area (Å²) < 4.78 is 0. The number of nitrogens with one attached hydrogen (secondary N) is 2. The number of carbonyl (C=O) groups excluding carboxylic acids is 1. The van der Waals surface area contributed by atoms with Crippen molar-refractivity contribution in [3.63, 3.8) is 0 Å². The predicted molar refractivity (Wildman–Crippen MR) is 75.9 cm³/mol. The number of carbonyl (C=O) groups is 1. The zero-order valence-electron chi connectivity index (χ0n) is 11.9. The molecule has 19 heavy (non-hydrogen) atoms. The van der Waals surface area contributed by atoms with Gasteiger partial charge < -0.3 is 15.6 Å². The predicted octanol–water partition coefficient (Wildman–Crippen LogP) is 0.458. The molecular formula is C12H22N6O. The molecule has 0 aliphatic heterocycles. The van der Waals surface area contributed by atoms with Crippen LogP contribution in [0.25, 0.3) is 0 Å². The Morgan fingerprint density at radius 2 is 2.16 bits per heavy atom. The Balaban J connectivity index is 3.02. The van der Waals surface area contributed by atoms with Crippen LogP contribution >= 0.6 is 0 Å². The summed E-state index contributed by atoms with van der Waals surface area (Å²) >= 11 is 0. The first-order chi connectivity index (χ1) is 9.01. The highest BCUT2D eigenvalue weighted by Crippen LogP contribution is 2.29. The van der Waals surface area contributed by atoms with Gasteiger partial charge in [0.1, 0.15) is 18.0 Å². The van der Waals surface area contributed by atoms with Gasteiger partial charge in [-0.25, -0.2) is 15.8 Å². The molecule has 0 unspecified atom stereocenters. The summed E-state index contributed by atoms with van der Waals surface area (Å²) in [5, 5.41) is 2.76. The number of nitrogen functional groups attached to an aromatic ring is 1. The second-order valence-electron chi connectivity index (χ2n) is 4.57. The number of aromatic nitrogens is 2. The van der Waals surface area contributed by atoms with Gasteiger partial charge in [0.25, 0.3) is 0 Å². The summed E-state index contributed by atoms with van der Waals surface area (Å²) in [5.41, 5.74) is 3.47. The molecule has 7 heteroatoms. The van der Waals surface area contributed by atoms with E-state index >= 15 is 0 Å². The lowest BCUT2D eigenvalue weighted by Gasteiger charge is -2.23. The van der Waals surface area contributed by atoms with Gasteiger partial charge in [0.15, 0.2) is 0 Å². The summed E-state index contributed by atoms with van der Waals surface area (Å²) in [4.78, 5) is 21.8. The van der Waals surface area contributed by atoms with Gasteiger partial charge in [-0.15, -0.1) is 0 Å². The minimum atomic E-state index is -0.0411. The lowest BCUT2D eigenvalue weighted by atomic mass is 10.0. The molecule has 1 rings (SSSR count). The van der Waals surface area contributed by atoms with Crippen molar-refractivity contribution in [3.05, 3.63) is 11.9 Å². The Morgan fingerprint density at radius 3 is 2.68 bits per heavy atom. The highest BCUT2D eigenvalue weighted by atomic mass is 16.2. The Hall–Kier alpha value is -1.89. The van der Waals surface area contributed by atoms with Crippen LogP contribution in [0.2, 0.25) is 0 Å². The molecule has 0 saturated carbocycles. The second kappa shape index (κ2) is 6.89. The molecule has 0 aliphatic rings. The van der Waals surface area contributed by atoms with E-state index in [1.165, 1.54) is 6.33 Å². The van der Waals surface area contributed by atoms with Gasteiger partial charge in [0.2, 0.25) is 5.91 Å². The first-order valence-electron chi connectivity index (χ1n) is 6.30. The minimum absolute atomic E-state index is 0.0411. The SMILES string of the molecule is CCNC(=O)CN(C)c1ncnc(NN)c1C(C)C. The third-order valence-corrected chi connectivity index (χ3v) is 2.69. The molecular weight excluding hydrogens is 244 g/mol. The average molecular weight is 266 g/mol. The molecule has 0 aliphatic carbocycles. The zero-order valence-corrected chi connectivity index (χ0v) is 11.9. The van der Waals surface area contributed by atoms with E-state index in [0.717, 1.165) is 5.56 Å². The topological polar surface area (TPSA) is 96.2 Å². The van der Waals surface area contributed by atoms with Crippen molar-refractivity contribution < 1.29 is 4.79 Å². The molecule has 4 N–H and O–H groups in total. The van der Waals surface area contributed by atoms with Gasteiger partial charge >= 0.3 is 0 Å². The zero-order chi connectivity index (χ0) is 14.4. The maximum absolute atomic E-state index is 11.6. The number of amides is 1. The van der Waals surface area contributed by atoms with Crippen LogP contribution in [0.5, 0.6) is 0 Å². The number of likely N-dealkylation sites (N-methyl/N-ethyl adjacent to an activating group) is 2. The number of anilines is 2. The number of nitrogens with two attached hydrogens (primary N) is 1. The molecule has 1 heterocycles. The molecule has 1 aromatic heterocycles. The molecule has 0 bridgehead atoms. The molecule has 0 fully saturated rings. The van der Waals surface area contributed by atoms with Crippen molar-refractivity contribution in [2.24, 2.45) is 5.84 Å². The Labute approximate surface area is 113 Å². The number of hydrogen-bond acceptors (Lipinski definition) is 6. The quantitative estimate of drug-likeness (QED) is 0.511. The van der Waals surface area contributed by atoms with Crippen LogP contribution in [0, 0.1) is 0 Å². The lowest BCUT2D eigenvalue weighted by molar-refractivity contribution is -0.119. The standard InChI is InChI=1S/C12H22N6O/c1-5-14-9(19)6-18(4)12-10(8(2)3)11(17-13)15-7-16-12/h7-8H,5-6,13H2,1-4H3,(H,14,19)(H,15,16,17). The van der Waals surface area contributed by atoms with Crippen molar-refractivity contribution >= 4 is 17.5 Å². The van der Waals surface area contributed by atoms with Crippen molar-refractivity contribution in [3.8, 4) is 0 Å². The first-order valence-corrected chi connectivity index (χ1v) is 6.30. The molecule has 0 atom stereocenters. The molecule has 0 aromatic carbocycles. The molecule has 1 amide bonds. The highest BCUT2D eigenvalue weighted by Gasteiger charge is 2.18. The molecule has 0 spiro atoms. The van der Waals surface area contributed by atoms with Crippen LogP contribution in [0.15, 0.2) is 6.33 Å². The van der Waals surface area contributed by atoms with Crippen LogP contribution < -0.4 is 21.5 Å². The summed E-state index contributed by atoms with van der Waals surface area (Å²) in [7, 11) is 1.82. The van der Waals surface area contributed by atoms with Gasteiger partial charge in [-0.05, 0) is 12.8 Å². The van der Waals surface area contributed by atoms with Gasteiger partial charge in [-0.1, -0.05) is 13.8 Å². The number of nitrogens with zero attached hydrogens (tertiary/aromatic N) is 3. The van der Waals surface area contributed by atoms with E-state index in [1.54, 1.807) is 4.90 Å². The van der Waals surface area contributed by atoms with Crippen molar-refractivity contribution in [2.75, 3.05) is 30.5 Å². The van der Waals surface area contributed by atoms with E-state index < -0.39 is 0 Å². The Kier molecular flexibility index (Phi) is 5.50. The van der Waals surface area contributed by atoms with Gasteiger partial charge in [0, 0.05) is 19.2 Å². The molecule has 0 saturated heterocycles.